The number of rotatable bonds is 4. The van der Waals surface area contributed by atoms with Crippen molar-refractivity contribution in [2.75, 3.05) is 13.1 Å². The fraction of sp³-hybridized carbons (Fsp3) is 0.526. The van der Waals surface area contributed by atoms with Gasteiger partial charge >= 0.3 is 0 Å². The fourth-order valence-corrected chi connectivity index (χ4v) is 3.96. The monoisotopic (exact) mass is 342 g/mol. The van der Waals surface area contributed by atoms with Gasteiger partial charge in [0.2, 0.25) is 5.91 Å². The molecular formula is C19H23FN4O. The van der Waals surface area contributed by atoms with Crippen LogP contribution in [0.3, 0.4) is 0 Å². The van der Waals surface area contributed by atoms with E-state index in [0.29, 0.717) is 5.92 Å². The second kappa shape index (κ2) is 6.58. The summed E-state index contributed by atoms with van der Waals surface area (Å²) in [5, 5.41) is 8.28. The summed E-state index contributed by atoms with van der Waals surface area (Å²) < 4.78 is 15.1. The van der Waals surface area contributed by atoms with Crippen LogP contribution < -0.4 is 0 Å². The molecule has 1 saturated carbocycles. The first-order valence-corrected chi connectivity index (χ1v) is 9.09. The van der Waals surface area contributed by atoms with Crippen molar-refractivity contribution in [2.45, 2.75) is 44.6 Å². The molecule has 1 saturated heterocycles. The smallest absolute Gasteiger partial charge is 0.226 e. The van der Waals surface area contributed by atoms with Gasteiger partial charge in [0, 0.05) is 31.5 Å². The Bertz CT molecular complexity index is 749. The van der Waals surface area contributed by atoms with E-state index in [0.717, 1.165) is 50.3 Å². The third-order valence-electron chi connectivity index (χ3n) is 5.56. The van der Waals surface area contributed by atoms with E-state index in [1.807, 2.05) is 4.90 Å². The summed E-state index contributed by atoms with van der Waals surface area (Å²) in [7, 11) is 0. The van der Waals surface area contributed by atoms with Crippen LogP contribution >= 0.6 is 0 Å². The molecule has 0 N–H and O–H groups in total. The highest BCUT2D eigenvalue weighted by Crippen LogP contribution is 2.48. The van der Waals surface area contributed by atoms with Crippen molar-refractivity contribution >= 4 is 5.91 Å². The molecule has 0 unspecified atom stereocenters. The molecule has 2 atom stereocenters. The zero-order valence-corrected chi connectivity index (χ0v) is 14.4. The number of halogens is 1. The molecule has 5 nitrogen and oxygen atoms in total. The number of carbonyl (C=O) groups excluding carboxylic acids is 1. The third-order valence-corrected chi connectivity index (χ3v) is 5.56. The van der Waals surface area contributed by atoms with Gasteiger partial charge in [0.15, 0.2) is 0 Å². The largest absolute Gasteiger partial charge is 0.342 e. The highest BCUT2D eigenvalue weighted by Gasteiger charge is 2.46. The number of nitrogens with zero attached hydrogens (tertiary/aromatic N) is 4. The SMILES string of the molecule is CCn1cnnc1C1CCN(C(=O)[C@H]2C[C@@H]2c2ccc(F)cc2)CC1. The Hall–Kier alpha value is -2.24. The van der Waals surface area contributed by atoms with Crippen molar-refractivity contribution in [1.29, 1.82) is 0 Å². The summed E-state index contributed by atoms with van der Waals surface area (Å²) in [6, 6.07) is 6.56. The number of likely N-dealkylation sites (tertiary alicyclic amines) is 1. The summed E-state index contributed by atoms with van der Waals surface area (Å²) in [5.74, 6) is 1.79. The highest BCUT2D eigenvalue weighted by molar-refractivity contribution is 5.83. The van der Waals surface area contributed by atoms with Crippen molar-refractivity contribution < 1.29 is 9.18 Å². The van der Waals surface area contributed by atoms with E-state index in [1.165, 1.54) is 12.1 Å². The minimum Gasteiger partial charge on any atom is -0.342 e. The first kappa shape index (κ1) is 16.2. The average Bonchev–Trinajstić information content (AvgIpc) is 3.30. The highest BCUT2D eigenvalue weighted by atomic mass is 19.1. The van der Waals surface area contributed by atoms with Crippen LogP contribution in [0, 0.1) is 11.7 Å². The van der Waals surface area contributed by atoms with E-state index in [1.54, 1.807) is 18.5 Å². The molecule has 0 radical (unpaired) electrons. The molecule has 1 amide bonds. The number of piperidine rings is 1. The molecule has 1 aliphatic heterocycles. The van der Waals surface area contributed by atoms with Crippen molar-refractivity contribution in [3.8, 4) is 0 Å². The predicted molar refractivity (Wildman–Crippen MR) is 91.5 cm³/mol. The summed E-state index contributed by atoms with van der Waals surface area (Å²) >= 11 is 0. The van der Waals surface area contributed by atoms with Gasteiger partial charge in [-0.2, -0.15) is 0 Å². The van der Waals surface area contributed by atoms with Crippen LogP contribution in [0.1, 0.15) is 49.4 Å². The number of amides is 1. The Balaban J connectivity index is 1.34. The zero-order chi connectivity index (χ0) is 17.4. The molecule has 2 heterocycles. The summed E-state index contributed by atoms with van der Waals surface area (Å²) in [6.45, 7) is 4.54. The topological polar surface area (TPSA) is 51.0 Å². The molecule has 1 aromatic carbocycles. The van der Waals surface area contributed by atoms with Crippen molar-refractivity contribution in [2.24, 2.45) is 5.92 Å². The Morgan fingerprint density at radius 2 is 1.96 bits per heavy atom. The van der Waals surface area contributed by atoms with Crippen LogP contribution in [0.4, 0.5) is 4.39 Å². The molecule has 1 aromatic heterocycles. The Labute approximate surface area is 146 Å². The van der Waals surface area contributed by atoms with Gasteiger partial charge in [-0.05, 0) is 49.8 Å². The lowest BCUT2D eigenvalue weighted by atomic mass is 9.95. The number of hydrogen-bond donors (Lipinski definition) is 0. The molecular weight excluding hydrogens is 319 g/mol. The molecule has 2 fully saturated rings. The zero-order valence-electron chi connectivity index (χ0n) is 14.4. The van der Waals surface area contributed by atoms with E-state index in [2.05, 4.69) is 21.7 Å². The number of aryl methyl sites for hydroxylation is 1. The van der Waals surface area contributed by atoms with Gasteiger partial charge in [0.25, 0.3) is 0 Å². The molecule has 132 valence electrons. The maximum Gasteiger partial charge on any atom is 0.226 e. The molecule has 25 heavy (non-hydrogen) atoms. The van der Waals surface area contributed by atoms with E-state index in [4.69, 9.17) is 0 Å². The predicted octanol–water partition coefficient (Wildman–Crippen LogP) is 2.95. The molecule has 0 bridgehead atoms. The maximum atomic E-state index is 13.0. The Morgan fingerprint density at radius 1 is 1.24 bits per heavy atom. The van der Waals surface area contributed by atoms with Crippen LogP contribution in [-0.2, 0) is 11.3 Å². The lowest BCUT2D eigenvalue weighted by Crippen LogP contribution is -2.39. The van der Waals surface area contributed by atoms with Crippen LogP contribution in [0.15, 0.2) is 30.6 Å². The van der Waals surface area contributed by atoms with Gasteiger partial charge in [-0.1, -0.05) is 12.1 Å². The van der Waals surface area contributed by atoms with Crippen molar-refractivity contribution in [3.63, 3.8) is 0 Å². The van der Waals surface area contributed by atoms with Gasteiger partial charge in [0.1, 0.15) is 18.0 Å². The normalized spacial score (nSPS) is 23.7. The Morgan fingerprint density at radius 3 is 2.64 bits per heavy atom. The van der Waals surface area contributed by atoms with Gasteiger partial charge in [-0.3, -0.25) is 4.79 Å². The lowest BCUT2D eigenvalue weighted by molar-refractivity contribution is -0.133. The van der Waals surface area contributed by atoms with Crippen molar-refractivity contribution in [3.05, 3.63) is 47.8 Å². The first-order chi connectivity index (χ1) is 12.2. The summed E-state index contributed by atoms with van der Waals surface area (Å²) in [5.41, 5.74) is 1.07. The van der Waals surface area contributed by atoms with Crippen LogP contribution in [0.25, 0.3) is 0 Å². The average molecular weight is 342 g/mol. The van der Waals surface area contributed by atoms with E-state index in [9.17, 15) is 9.18 Å². The standard InChI is InChI=1S/C19H23FN4O/c1-2-23-12-21-22-18(23)14-7-9-24(10-8-14)19(25)17-11-16(17)13-3-5-15(20)6-4-13/h3-6,12,14,16-17H,2,7-11H2,1H3/t16-,17+/m1/s1. The number of benzene rings is 1. The number of aromatic nitrogens is 3. The van der Waals surface area contributed by atoms with Crippen molar-refractivity contribution in [1.82, 2.24) is 19.7 Å². The molecule has 2 aromatic rings. The fourth-order valence-electron chi connectivity index (χ4n) is 3.96. The maximum absolute atomic E-state index is 13.0. The molecule has 2 aliphatic rings. The van der Waals surface area contributed by atoms with Gasteiger partial charge in [0.05, 0.1) is 0 Å². The summed E-state index contributed by atoms with van der Waals surface area (Å²) in [6.07, 6.45) is 4.55. The number of hydrogen-bond acceptors (Lipinski definition) is 3. The lowest BCUT2D eigenvalue weighted by Gasteiger charge is -2.32. The molecule has 6 heteroatoms. The second-order valence-corrected chi connectivity index (χ2v) is 7.07. The van der Waals surface area contributed by atoms with Gasteiger partial charge in [-0.25, -0.2) is 4.39 Å². The first-order valence-electron chi connectivity index (χ1n) is 9.09. The van der Waals surface area contributed by atoms with Crippen LogP contribution in [0.2, 0.25) is 0 Å². The Kier molecular flexibility index (Phi) is 4.27. The minimum atomic E-state index is -0.228. The van der Waals surface area contributed by atoms with E-state index >= 15 is 0 Å². The second-order valence-electron chi connectivity index (χ2n) is 7.07. The number of carbonyl (C=O) groups is 1. The molecule has 4 rings (SSSR count). The summed E-state index contributed by atoms with van der Waals surface area (Å²) in [4.78, 5) is 14.7. The minimum absolute atomic E-state index is 0.0707. The quantitative estimate of drug-likeness (QED) is 0.858. The van der Waals surface area contributed by atoms with Gasteiger partial charge in [-0.15, -0.1) is 10.2 Å². The molecule has 0 spiro atoms. The third kappa shape index (κ3) is 3.17. The van der Waals surface area contributed by atoms with E-state index < -0.39 is 0 Å². The van der Waals surface area contributed by atoms with Crippen LogP contribution in [-0.4, -0.2) is 38.7 Å². The van der Waals surface area contributed by atoms with Crippen LogP contribution in [0.5, 0.6) is 0 Å². The van der Waals surface area contributed by atoms with E-state index in [-0.39, 0.29) is 23.6 Å². The van der Waals surface area contributed by atoms with Gasteiger partial charge < -0.3 is 9.47 Å². The molecule has 1 aliphatic carbocycles.